The van der Waals surface area contributed by atoms with Crippen molar-refractivity contribution < 1.29 is 18.7 Å². The number of aryl methyl sites for hydroxylation is 1. The van der Waals surface area contributed by atoms with Gasteiger partial charge in [-0.3, -0.25) is 4.79 Å². The predicted octanol–water partition coefficient (Wildman–Crippen LogP) is 3.86. The number of ether oxygens (including phenoxy) is 2. The third-order valence-electron chi connectivity index (χ3n) is 4.50. The molecule has 4 rings (SSSR count). The summed E-state index contributed by atoms with van der Waals surface area (Å²) >= 11 is 6.16. The van der Waals surface area contributed by atoms with Gasteiger partial charge in [-0.15, -0.1) is 0 Å². The van der Waals surface area contributed by atoms with Gasteiger partial charge < -0.3 is 19.4 Å². The van der Waals surface area contributed by atoms with Crippen molar-refractivity contribution in [1.82, 2.24) is 14.9 Å². The number of nitrogens with one attached hydrogen (secondary N) is 1. The highest BCUT2D eigenvalue weighted by Gasteiger charge is 2.23. The van der Waals surface area contributed by atoms with Crippen molar-refractivity contribution in [2.45, 2.75) is 6.04 Å². The second-order valence-electron chi connectivity index (χ2n) is 6.43. The van der Waals surface area contributed by atoms with E-state index in [0.29, 0.717) is 33.5 Å². The van der Waals surface area contributed by atoms with E-state index in [-0.39, 0.29) is 6.79 Å². The normalized spacial score (nSPS) is 13.6. The molecule has 0 saturated heterocycles. The van der Waals surface area contributed by atoms with E-state index in [2.05, 4.69) is 10.3 Å². The number of amides is 1. The van der Waals surface area contributed by atoms with Crippen LogP contribution < -0.4 is 14.8 Å². The van der Waals surface area contributed by atoms with Crippen molar-refractivity contribution in [3.8, 4) is 11.5 Å². The molecule has 1 aromatic heterocycles. The van der Waals surface area contributed by atoms with Gasteiger partial charge in [0.1, 0.15) is 17.7 Å². The molecule has 1 aliphatic rings. The van der Waals surface area contributed by atoms with Gasteiger partial charge in [-0.25, -0.2) is 9.37 Å². The maximum Gasteiger partial charge on any atom is 0.244 e. The minimum absolute atomic E-state index is 0.108. The molecule has 0 aliphatic carbocycles. The maximum absolute atomic E-state index is 14.4. The van der Waals surface area contributed by atoms with E-state index in [1.165, 1.54) is 12.1 Å². The molecule has 1 atom stereocenters. The molecule has 1 N–H and O–H groups in total. The molecule has 0 fully saturated rings. The first-order valence-corrected chi connectivity index (χ1v) is 9.20. The van der Waals surface area contributed by atoms with E-state index in [4.69, 9.17) is 21.1 Å². The first kappa shape index (κ1) is 19.0. The minimum atomic E-state index is -0.742. The van der Waals surface area contributed by atoms with Gasteiger partial charge in [0.25, 0.3) is 0 Å². The van der Waals surface area contributed by atoms with Gasteiger partial charge in [-0.2, -0.15) is 0 Å². The predicted molar refractivity (Wildman–Crippen MR) is 106 cm³/mol. The average Bonchev–Trinajstić information content (AvgIpc) is 3.34. The Balaban J connectivity index is 1.58. The molecule has 0 unspecified atom stereocenters. The van der Waals surface area contributed by atoms with E-state index in [0.717, 1.165) is 0 Å². The number of imidazole rings is 1. The van der Waals surface area contributed by atoms with Crippen LogP contribution in [0.5, 0.6) is 11.5 Å². The Hall–Kier alpha value is -3.32. The van der Waals surface area contributed by atoms with Crippen LogP contribution in [0.1, 0.15) is 23.0 Å². The number of fused-ring (bicyclic) bond motifs is 1. The lowest BCUT2D eigenvalue weighted by Crippen LogP contribution is -2.30. The number of carbonyl (C=O) groups excluding carboxylic acids is 1. The summed E-state index contributed by atoms with van der Waals surface area (Å²) in [6.45, 7) is 0.108. The number of hydrogen-bond donors (Lipinski definition) is 1. The van der Waals surface area contributed by atoms with E-state index in [9.17, 15) is 9.18 Å². The number of benzene rings is 2. The average molecular weight is 414 g/mol. The number of hydrogen-bond acceptors (Lipinski definition) is 4. The molecule has 0 radical (unpaired) electrons. The SMILES string of the molecule is Cn1ccnc1[C@@H](NC(=O)/C=C\c1cc(Cl)c2c(c1)OCO2)c1ccccc1F. The summed E-state index contributed by atoms with van der Waals surface area (Å²) in [6.07, 6.45) is 6.28. The fourth-order valence-corrected chi connectivity index (χ4v) is 3.37. The van der Waals surface area contributed by atoms with E-state index in [1.807, 2.05) is 0 Å². The Kier molecular flexibility index (Phi) is 5.22. The molecule has 8 heteroatoms. The molecule has 1 amide bonds. The zero-order valence-electron chi connectivity index (χ0n) is 15.4. The van der Waals surface area contributed by atoms with Gasteiger partial charge >= 0.3 is 0 Å². The van der Waals surface area contributed by atoms with Crippen LogP contribution in [0.25, 0.3) is 6.08 Å². The second kappa shape index (κ2) is 7.97. The molecule has 2 heterocycles. The number of nitrogens with zero attached hydrogens (tertiary/aromatic N) is 2. The van der Waals surface area contributed by atoms with Crippen molar-refractivity contribution in [3.05, 3.63) is 82.7 Å². The summed E-state index contributed by atoms with van der Waals surface area (Å²) in [7, 11) is 1.78. The van der Waals surface area contributed by atoms with Crippen LogP contribution in [-0.4, -0.2) is 22.3 Å². The Labute approximate surface area is 171 Å². The molecule has 0 bridgehead atoms. The van der Waals surface area contributed by atoms with Crippen molar-refractivity contribution in [2.75, 3.05) is 6.79 Å². The monoisotopic (exact) mass is 413 g/mol. The Morgan fingerprint density at radius 1 is 1.34 bits per heavy atom. The summed E-state index contributed by atoms with van der Waals surface area (Å²) in [6, 6.07) is 8.94. The van der Waals surface area contributed by atoms with Crippen LogP contribution in [0.3, 0.4) is 0 Å². The van der Waals surface area contributed by atoms with Crippen LogP contribution >= 0.6 is 11.6 Å². The van der Waals surface area contributed by atoms with Crippen molar-refractivity contribution in [2.24, 2.45) is 7.05 Å². The first-order chi connectivity index (χ1) is 14.0. The summed E-state index contributed by atoms with van der Waals surface area (Å²) in [4.78, 5) is 16.9. The van der Waals surface area contributed by atoms with Crippen LogP contribution in [0.15, 0.2) is 54.9 Å². The van der Waals surface area contributed by atoms with Crippen LogP contribution in [0.4, 0.5) is 4.39 Å². The number of carbonyl (C=O) groups is 1. The fraction of sp³-hybridized carbons (Fsp3) is 0.143. The van der Waals surface area contributed by atoms with Crippen LogP contribution in [0, 0.1) is 5.82 Å². The quantitative estimate of drug-likeness (QED) is 0.645. The van der Waals surface area contributed by atoms with E-state index < -0.39 is 17.8 Å². The molecule has 2 aromatic carbocycles. The molecular formula is C21H17ClFN3O3. The van der Waals surface area contributed by atoms with E-state index in [1.54, 1.807) is 60.4 Å². The van der Waals surface area contributed by atoms with Crippen molar-refractivity contribution in [1.29, 1.82) is 0 Å². The van der Waals surface area contributed by atoms with Gasteiger partial charge in [-0.1, -0.05) is 29.8 Å². The molecule has 3 aromatic rings. The molecule has 0 spiro atoms. The maximum atomic E-state index is 14.4. The summed E-state index contributed by atoms with van der Waals surface area (Å²) in [5.41, 5.74) is 1.00. The molecule has 0 saturated carbocycles. The zero-order valence-corrected chi connectivity index (χ0v) is 16.2. The third kappa shape index (κ3) is 3.95. The smallest absolute Gasteiger partial charge is 0.244 e. The largest absolute Gasteiger partial charge is 0.454 e. The van der Waals surface area contributed by atoms with Gasteiger partial charge in [-0.05, 0) is 29.8 Å². The molecular weight excluding hydrogens is 397 g/mol. The van der Waals surface area contributed by atoms with Gasteiger partial charge in [0.15, 0.2) is 11.5 Å². The Bertz CT molecular complexity index is 1100. The first-order valence-electron chi connectivity index (χ1n) is 8.82. The molecule has 1 aliphatic heterocycles. The lowest BCUT2D eigenvalue weighted by atomic mass is 10.1. The highest BCUT2D eigenvalue weighted by atomic mass is 35.5. The standard InChI is InChI=1S/C21H17ClFN3O3/c1-26-9-8-24-21(26)19(14-4-2-3-5-16(14)23)25-18(27)7-6-13-10-15(22)20-17(11-13)28-12-29-20/h2-11,19H,12H2,1H3,(H,25,27)/b7-6-/t19-/m0/s1. The highest BCUT2D eigenvalue weighted by molar-refractivity contribution is 6.32. The number of halogens is 2. The molecule has 29 heavy (non-hydrogen) atoms. The minimum Gasteiger partial charge on any atom is -0.454 e. The van der Waals surface area contributed by atoms with Crippen LogP contribution in [-0.2, 0) is 11.8 Å². The topological polar surface area (TPSA) is 65.4 Å². The van der Waals surface area contributed by atoms with Gasteiger partial charge in [0.05, 0.1) is 5.02 Å². The highest BCUT2D eigenvalue weighted by Crippen LogP contribution is 2.40. The summed E-state index contributed by atoms with van der Waals surface area (Å²) in [5, 5.41) is 3.22. The lowest BCUT2D eigenvalue weighted by molar-refractivity contribution is -0.117. The van der Waals surface area contributed by atoms with Crippen LogP contribution in [0.2, 0.25) is 5.02 Å². The van der Waals surface area contributed by atoms with Gasteiger partial charge in [0, 0.05) is 31.1 Å². The Morgan fingerprint density at radius 3 is 2.93 bits per heavy atom. The van der Waals surface area contributed by atoms with E-state index >= 15 is 0 Å². The fourth-order valence-electron chi connectivity index (χ4n) is 3.09. The third-order valence-corrected chi connectivity index (χ3v) is 4.78. The summed E-state index contributed by atoms with van der Waals surface area (Å²) in [5.74, 6) is 0.697. The second-order valence-corrected chi connectivity index (χ2v) is 6.84. The number of aromatic nitrogens is 2. The van der Waals surface area contributed by atoms with Gasteiger partial charge in [0.2, 0.25) is 12.7 Å². The summed E-state index contributed by atoms with van der Waals surface area (Å²) < 4.78 is 26.7. The lowest BCUT2D eigenvalue weighted by Gasteiger charge is -2.19. The van der Waals surface area contributed by atoms with Crippen molar-refractivity contribution >= 4 is 23.6 Å². The zero-order chi connectivity index (χ0) is 20.4. The number of rotatable bonds is 5. The molecule has 148 valence electrons. The van der Waals surface area contributed by atoms with Crippen molar-refractivity contribution in [3.63, 3.8) is 0 Å². The molecule has 6 nitrogen and oxygen atoms in total. The Morgan fingerprint density at radius 2 is 2.17 bits per heavy atom.